The number of nitrogens with zero attached hydrogens (tertiary/aromatic N) is 5. The standard InChI is InChI=1S/C22H20FN5O3/c1-14-5-4-6-20(28-22(29)27(2)25-26-28)18(14)13-31-16-8-9-19(23)17(11-16)15-7-10-21(30-3)24-12-15/h4-12H,13H2,1-3H3. The number of tetrazole rings is 1. The van der Waals surface area contributed by atoms with Crippen molar-refractivity contribution in [2.45, 2.75) is 13.5 Å². The minimum absolute atomic E-state index is 0.164. The molecule has 0 radical (unpaired) electrons. The average Bonchev–Trinajstić information content (AvgIpc) is 3.12. The van der Waals surface area contributed by atoms with Crippen LogP contribution in [-0.2, 0) is 13.7 Å². The van der Waals surface area contributed by atoms with E-state index in [1.807, 2.05) is 19.1 Å². The first-order valence-electron chi connectivity index (χ1n) is 9.48. The molecule has 158 valence electrons. The number of ether oxygens (including phenoxy) is 2. The summed E-state index contributed by atoms with van der Waals surface area (Å²) in [6.07, 6.45) is 1.54. The van der Waals surface area contributed by atoms with Gasteiger partial charge in [0, 0.05) is 36.0 Å². The molecule has 0 saturated heterocycles. The Morgan fingerprint density at radius 3 is 2.61 bits per heavy atom. The lowest BCUT2D eigenvalue weighted by Crippen LogP contribution is -2.23. The van der Waals surface area contributed by atoms with Gasteiger partial charge in [0.1, 0.15) is 18.2 Å². The number of halogens is 1. The largest absolute Gasteiger partial charge is 0.489 e. The minimum Gasteiger partial charge on any atom is -0.489 e. The van der Waals surface area contributed by atoms with E-state index in [1.165, 1.54) is 24.9 Å². The van der Waals surface area contributed by atoms with Gasteiger partial charge in [-0.25, -0.2) is 14.2 Å². The van der Waals surface area contributed by atoms with Gasteiger partial charge in [-0.15, -0.1) is 0 Å². The molecule has 2 aromatic heterocycles. The third kappa shape index (κ3) is 4.02. The van der Waals surface area contributed by atoms with Crippen LogP contribution in [0.2, 0.25) is 0 Å². The van der Waals surface area contributed by atoms with Gasteiger partial charge < -0.3 is 9.47 Å². The molecule has 0 N–H and O–H groups in total. The van der Waals surface area contributed by atoms with E-state index >= 15 is 0 Å². The van der Waals surface area contributed by atoms with Crippen LogP contribution in [0.25, 0.3) is 16.8 Å². The first-order chi connectivity index (χ1) is 15.0. The quantitative estimate of drug-likeness (QED) is 0.476. The number of aromatic nitrogens is 5. The summed E-state index contributed by atoms with van der Waals surface area (Å²) >= 11 is 0. The summed E-state index contributed by atoms with van der Waals surface area (Å²) in [5.41, 5.74) is 2.90. The second-order valence-corrected chi connectivity index (χ2v) is 6.89. The van der Waals surface area contributed by atoms with Crippen LogP contribution in [0.15, 0.2) is 59.5 Å². The van der Waals surface area contributed by atoms with E-state index in [-0.39, 0.29) is 18.1 Å². The van der Waals surface area contributed by atoms with Crippen molar-refractivity contribution < 1.29 is 13.9 Å². The fourth-order valence-electron chi connectivity index (χ4n) is 3.17. The highest BCUT2D eigenvalue weighted by Gasteiger charge is 2.14. The van der Waals surface area contributed by atoms with Crippen molar-refractivity contribution in [3.8, 4) is 28.4 Å². The van der Waals surface area contributed by atoms with Gasteiger partial charge in [-0.2, -0.15) is 9.36 Å². The molecule has 0 bridgehead atoms. The van der Waals surface area contributed by atoms with Crippen molar-refractivity contribution in [1.29, 1.82) is 0 Å². The third-order valence-corrected chi connectivity index (χ3v) is 4.91. The highest BCUT2D eigenvalue weighted by atomic mass is 19.1. The molecular formula is C22H20FN5O3. The molecule has 31 heavy (non-hydrogen) atoms. The van der Waals surface area contributed by atoms with Crippen molar-refractivity contribution in [3.05, 3.63) is 82.2 Å². The number of hydrogen-bond donors (Lipinski definition) is 0. The second-order valence-electron chi connectivity index (χ2n) is 6.89. The maximum Gasteiger partial charge on any atom is 0.368 e. The summed E-state index contributed by atoms with van der Waals surface area (Å²) in [4.78, 5) is 16.4. The summed E-state index contributed by atoms with van der Waals surface area (Å²) in [5.74, 6) is 0.540. The van der Waals surface area contributed by atoms with Crippen LogP contribution in [0.4, 0.5) is 4.39 Å². The fourth-order valence-corrected chi connectivity index (χ4v) is 3.17. The van der Waals surface area contributed by atoms with E-state index in [9.17, 15) is 9.18 Å². The van der Waals surface area contributed by atoms with Crippen LogP contribution in [-0.4, -0.2) is 31.9 Å². The molecule has 0 aliphatic rings. The Hall–Kier alpha value is -4.01. The van der Waals surface area contributed by atoms with Crippen molar-refractivity contribution in [2.75, 3.05) is 7.11 Å². The van der Waals surface area contributed by atoms with Crippen LogP contribution in [0.3, 0.4) is 0 Å². The first kappa shape index (κ1) is 20.3. The Balaban J connectivity index is 1.63. The molecule has 0 fully saturated rings. The van der Waals surface area contributed by atoms with Crippen molar-refractivity contribution in [3.63, 3.8) is 0 Å². The van der Waals surface area contributed by atoms with Crippen LogP contribution in [0.5, 0.6) is 11.6 Å². The molecule has 0 unspecified atom stereocenters. The molecule has 0 aliphatic carbocycles. The molecule has 0 amide bonds. The van der Waals surface area contributed by atoms with E-state index < -0.39 is 0 Å². The maximum absolute atomic E-state index is 14.4. The Morgan fingerprint density at radius 2 is 1.94 bits per heavy atom. The number of aryl methyl sites for hydroxylation is 2. The average molecular weight is 421 g/mol. The Kier molecular flexibility index (Phi) is 5.48. The zero-order chi connectivity index (χ0) is 22.0. The predicted octanol–water partition coefficient (Wildman–Crippen LogP) is 3.06. The Bertz CT molecular complexity index is 1280. The summed E-state index contributed by atoms with van der Waals surface area (Å²) in [7, 11) is 3.05. The summed E-state index contributed by atoms with van der Waals surface area (Å²) in [5, 5.41) is 7.69. The Morgan fingerprint density at radius 1 is 1.10 bits per heavy atom. The number of hydrogen-bond acceptors (Lipinski definition) is 6. The monoisotopic (exact) mass is 421 g/mol. The molecular weight excluding hydrogens is 401 g/mol. The number of methoxy groups -OCH3 is 1. The SMILES string of the molecule is COc1ccc(-c2cc(OCc3c(C)cccc3-n3nnn(C)c3=O)ccc2F)cn1. The fraction of sp³-hybridized carbons (Fsp3) is 0.182. The molecule has 2 aromatic carbocycles. The van der Waals surface area contributed by atoms with Crippen molar-refractivity contribution >= 4 is 0 Å². The molecule has 0 spiro atoms. The van der Waals surface area contributed by atoms with Gasteiger partial charge in [-0.05, 0) is 53.2 Å². The maximum atomic E-state index is 14.4. The van der Waals surface area contributed by atoms with Crippen LogP contribution in [0.1, 0.15) is 11.1 Å². The third-order valence-electron chi connectivity index (χ3n) is 4.91. The molecule has 0 aliphatic heterocycles. The van der Waals surface area contributed by atoms with E-state index in [2.05, 4.69) is 15.4 Å². The topological polar surface area (TPSA) is 84.1 Å². The molecule has 0 saturated carbocycles. The van der Waals surface area contributed by atoms with Gasteiger partial charge in [0.25, 0.3) is 0 Å². The lowest BCUT2D eigenvalue weighted by Gasteiger charge is -2.14. The molecule has 2 heterocycles. The molecule has 8 nitrogen and oxygen atoms in total. The number of benzene rings is 2. The smallest absolute Gasteiger partial charge is 0.368 e. The second kappa shape index (κ2) is 8.39. The highest BCUT2D eigenvalue weighted by molar-refractivity contribution is 5.65. The summed E-state index contributed by atoms with van der Waals surface area (Å²) in [6.45, 7) is 2.08. The van der Waals surface area contributed by atoms with E-state index in [4.69, 9.17) is 9.47 Å². The molecule has 4 rings (SSSR count). The zero-order valence-electron chi connectivity index (χ0n) is 17.2. The van der Waals surface area contributed by atoms with Crippen molar-refractivity contribution in [1.82, 2.24) is 24.8 Å². The van der Waals surface area contributed by atoms with E-state index in [1.54, 1.807) is 36.5 Å². The van der Waals surface area contributed by atoms with Crippen LogP contribution in [0, 0.1) is 12.7 Å². The lowest BCUT2D eigenvalue weighted by molar-refractivity contribution is 0.304. The zero-order valence-corrected chi connectivity index (χ0v) is 17.2. The summed E-state index contributed by atoms with van der Waals surface area (Å²) < 4.78 is 27.8. The predicted molar refractivity (Wildman–Crippen MR) is 112 cm³/mol. The summed E-state index contributed by atoms with van der Waals surface area (Å²) in [6, 6.07) is 13.5. The normalized spacial score (nSPS) is 10.8. The number of pyridine rings is 1. The van der Waals surface area contributed by atoms with Gasteiger partial charge in [-0.1, -0.05) is 12.1 Å². The number of rotatable bonds is 6. The van der Waals surface area contributed by atoms with Gasteiger partial charge >= 0.3 is 5.69 Å². The molecule has 9 heteroatoms. The minimum atomic E-state index is -0.387. The molecule has 0 atom stereocenters. The van der Waals surface area contributed by atoms with Gasteiger partial charge in [0.15, 0.2) is 0 Å². The van der Waals surface area contributed by atoms with Crippen LogP contribution < -0.4 is 15.2 Å². The van der Waals surface area contributed by atoms with Crippen molar-refractivity contribution in [2.24, 2.45) is 7.05 Å². The Labute approximate surface area is 177 Å². The van der Waals surface area contributed by atoms with E-state index in [0.717, 1.165) is 15.8 Å². The van der Waals surface area contributed by atoms with Gasteiger partial charge in [0.05, 0.1) is 12.8 Å². The van der Waals surface area contributed by atoms with Gasteiger partial charge in [-0.3, -0.25) is 0 Å². The highest BCUT2D eigenvalue weighted by Crippen LogP contribution is 2.28. The first-order valence-corrected chi connectivity index (χ1v) is 9.48. The lowest BCUT2D eigenvalue weighted by atomic mass is 10.1. The van der Waals surface area contributed by atoms with E-state index in [0.29, 0.717) is 28.4 Å². The van der Waals surface area contributed by atoms with Crippen LogP contribution >= 0.6 is 0 Å². The van der Waals surface area contributed by atoms with Gasteiger partial charge in [0.2, 0.25) is 5.88 Å². The molecule has 4 aromatic rings.